The summed E-state index contributed by atoms with van der Waals surface area (Å²) in [6, 6.07) is 6.46. The van der Waals surface area contributed by atoms with E-state index >= 15 is 0 Å². The van der Waals surface area contributed by atoms with Crippen LogP contribution in [0.2, 0.25) is 0 Å². The molecule has 0 heterocycles. The third-order valence-corrected chi connectivity index (χ3v) is 2.29. The Morgan fingerprint density at radius 1 is 1.40 bits per heavy atom. The van der Waals surface area contributed by atoms with Crippen LogP contribution in [0, 0.1) is 12.3 Å². The Hall–Kier alpha value is -1.51. The van der Waals surface area contributed by atoms with Crippen molar-refractivity contribution < 1.29 is 9.90 Å². The van der Waals surface area contributed by atoms with Gasteiger partial charge in [-0.25, -0.2) is 0 Å². The van der Waals surface area contributed by atoms with Crippen molar-refractivity contribution >= 4 is 5.91 Å². The highest BCUT2D eigenvalue weighted by molar-refractivity contribution is 5.83. The number of carbonyl (C=O) groups excluding carboxylic acids is 1. The minimum atomic E-state index is -0.469. The van der Waals surface area contributed by atoms with Crippen molar-refractivity contribution in [3.05, 3.63) is 36.8 Å². The van der Waals surface area contributed by atoms with Crippen LogP contribution in [0.1, 0.15) is 25.3 Å². The summed E-state index contributed by atoms with van der Waals surface area (Å²) < 4.78 is 0. The van der Waals surface area contributed by atoms with Gasteiger partial charge in [0.1, 0.15) is 5.75 Å². The molecule has 0 aliphatic carbocycles. The summed E-state index contributed by atoms with van der Waals surface area (Å²) in [6.45, 7) is 7.64. The molecular weight excluding hydrogens is 190 g/mol. The first kappa shape index (κ1) is 11.6. The van der Waals surface area contributed by atoms with Crippen molar-refractivity contribution in [2.24, 2.45) is 11.1 Å². The number of benzene rings is 1. The SMILES string of the molecule is [CH2]C(C)(C)[C@@H](C(N)=O)c1ccc(O)cc1. The molecule has 0 fully saturated rings. The highest BCUT2D eigenvalue weighted by atomic mass is 16.3. The molecule has 1 aromatic carbocycles. The van der Waals surface area contributed by atoms with E-state index in [1.54, 1.807) is 12.1 Å². The van der Waals surface area contributed by atoms with Crippen molar-refractivity contribution in [1.29, 1.82) is 0 Å². The second-order valence-electron chi connectivity index (χ2n) is 4.42. The number of carbonyl (C=O) groups is 1. The smallest absolute Gasteiger partial charge is 0.225 e. The Balaban J connectivity index is 3.11. The summed E-state index contributed by atoms with van der Waals surface area (Å²) in [5.41, 5.74) is 5.66. The summed E-state index contributed by atoms with van der Waals surface area (Å²) in [4.78, 5) is 11.4. The lowest BCUT2D eigenvalue weighted by Crippen LogP contribution is -2.31. The topological polar surface area (TPSA) is 63.3 Å². The lowest BCUT2D eigenvalue weighted by molar-refractivity contribution is -0.121. The standard InChI is InChI=1S/C12H16NO2/c1-12(2,3)10(11(13)15)8-4-6-9(14)7-5-8/h4-7,10,14H,1H2,2-3H3,(H2,13,15)/t10-/m1/s1. The van der Waals surface area contributed by atoms with E-state index in [1.165, 1.54) is 12.1 Å². The number of phenols is 1. The number of nitrogens with two attached hydrogens (primary N) is 1. The van der Waals surface area contributed by atoms with Crippen LogP contribution in [0.5, 0.6) is 5.75 Å². The third kappa shape index (κ3) is 2.72. The molecule has 0 aromatic heterocycles. The summed E-state index contributed by atoms with van der Waals surface area (Å²) in [5, 5.41) is 9.15. The van der Waals surface area contributed by atoms with Crippen LogP contribution in [0.3, 0.4) is 0 Å². The van der Waals surface area contributed by atoms with Crippen LogP contribution in [0.15, 0.2) is 24.3 Å². The van der Waals surface area contributed by atoms with Crippen LogP contribution >= 0.6 is 0 Å². The van der Waals surface area contributed by atoms with Crippen molar-refractivity contribution in [2.45, 2.75) is 19.8 Å². The molecule has 1 aromatic rings. The van der Waals surface area contributed by atoms with Gasteiger partial charge in [0, 0.05) is 0 Å². The Labute approximate surface area is 89.9 Å². The molecule has 0 spiro atoms. The summed E-state index contributed by atoms with van der Waals surface area (Å²) in [5.74, 6) is -0.678. The van der Waals surface area contributed by atoms with Crippen molar-refractivity contribution in [1.82, 2.24) is 0 Å². The average Bonchev–Trinajstić information content (AvgIpc) is 2.05. The van der Waals surface area contributed by atoms with E-state index in [4.69, 9.17) is 10.8 Å². The zero-order chi connectivity index (χ0) is 11.6. The van der Waals surface area contributed by atoms with Gasteiger partial charge in [0.05, 0.1) is 5.92 Å². The summed E-state index contributed by atoms with van der Waals surface area (Å²) >= 11 is 0. The van der Waals surface area contributed by atoms with Gasteiger partial charge >= 0.3 is 0 Å². The van der Waals surface area contributed by atoms with Gasteiger partial charge in [0.15, 0.2) is 0 Å². The molecule has 1 rings (SSSR count). The van der Waals surface area contributed by atoms with E-state index in [0.29, 0.717) is 0 Å². The molecule has 3 nitrogen and oxygen atoms in total. The summed E-state index contributed by atoms with van der Waals surface area (Å²) in [7, 11) is 0. The van der Waals surface area contributed by atoms with Crippen LogP contribution < -0.4 is 5.73 Å². The fourth-order valence-corrected chi connectivity index (χ4v) is 1.67. The first-order valence-corrected chi connectivity index (χ1v) is 4.76. The Kier molecular flexibility index (Phi) is 3.03. The Bertz CT molecular complexity index is 349. The van der Waals surface area contributed by atoms with Crippen molar-refractivity contribution in [2.75, 3.05) is 0 Å². The second-order valence-corrected chi connectivity index (χ2v) is 4.42. The van der Waals surface area contributed by atoms with Gasteiger partial charge in [-0.15, -0.1) is 0 Å². The van der Waals surface area contributed by atoms with Gasteiger partial charge in [-0.05, 0) is 30.0 Å². The number of aromatic hydroxyl groups is 1. The lowest BCUT2D eigenvalue weighted by Gasteiger charge is -2.28. The normalized spacial score (nSPS) is 13.5. The number of amides is 1. The maximum Gasteiger partial charge on any atom is 0.225 e. The van der Waals surface area contributed by atoms with Crippen LogP contribution in [0.4, 0.5) is 0 Å². The molecular formula is C12H16NO2. The molecule has 15 heavy (non-hydrogen) atoms. The number of hydrogen-bond acceptors (Lipinski definition) is 2. The highest BCUT2D eigenvalue weighted by Crippen LogP contribution is 2.34. The number of phenolic OH excluding ortho intramolecular Hbond substituents is 1. The molecule has 81 valence electrons. The van der Waals surface area contributed by atoms with Crippen LogP contribution in [0.25, 0.3) is 0 Å². The van der Waals surface area contributed by atoms with E-state index < -0.39 is 17.2 Å². The van der Waals surface area contributed by atoms with Gasteiger partial charge in [0.25, 0.3) is 0 Å². The third-order valence-electron chi connectivity index (χ3n) is 2.29. The predicted octanol–water partition coefficient (Wildman–Crippen LogP) is 1.82. The molecule has 1 radical (unpaired) electrons. The minimum Gasteiger partial charge on any atom is -0.508 e. The molecule has 0 bridgehead atoms. The molecule has 0 aliphatic rings. The van der Waals surface area contributed by atoms with Crippen molar-refractivity contribution in [3.8, 4) is 5.75 Å². The molecule has 3 heteroatoms. The molecule has 0 unspecified atom stereocenters. The predicted molar refractivity (Wildman–Crippen MR) is 59.2 cm³/mol. The maximum absolute atomic E-state index is 11.4. The second kappa shape index (κ2) is 3.93. The van der Waals surface area contributed by atoms with E-state index in [1.807, 2.05) is 13.8 Å². The van der Waals surface area contributed by atoms with E-state index in [2.05, 4.69) is 6.92 Å². The highest BCUT2D eigenvalue weighted by Gasteiger charge is 2.31. The van der Waals surface area contributed by atoms with E-state index in [0.717, 1.165) is 5.56 Å². The summed E-state index contributed by atoms with van der Waals surface area (Å²) in [6.07, 6.45) is 0. The number of primary amides is 1. The van der Waals surface area contributed by atoms with Gasteiger partial charge in [0.2, 0.25) is 5.91 Å². The lowest BCUT2D eigenvalue weighted by atomic mass is 9.76. The first-order chi connectivity index (χ1) is 6.82. The van der Waals surface area contributed by atoms with Crippen LogP contribution in [-0.2, 0) is 4.79 Å². The largest absolute Gasteiger partial charge is 0.508 e. The molecule has 1 amide bonds. The van der Waals surface area contributed by atoms with Gasteiger partial charge in [-0.3, -0.25) is 4.79 Å². The minimum absolute atomic E-state index is 0.170. The Morgan fingerprint density at radius 3 is 2.20 bits per heavy atom. The quantitative estimate of drug-likeness (QED) is 0.792. The monoisotopic (exact) mass is 206 g/mol. The van der Waals surface area contributed by atoms with Gasteiger partial charge in [-0.2, -0.15) is 0 Å². The first-order valence-electron chi connectivity index (χ1n) is 4.76. The average molecular weight is 206 g/mol. The fourth-order valence-electron chi connectivity index (χ4n) is 1.67. The Morgan fingerprint density at radius 2 is 1.87 bits per heavy atom. The molecule has 0 aliphatic heterocycles. The molecule has 3 N–H and O–H groups in total. The van der Waals surface area contributed by atoms with E-state index in [-0.39, 0.29) is 5.75 Å². The van der Waals surface area contributed by atoms with Gasteiger partial charge < -0.3 is 10.8 Å². The zero-order valence-electron chi connectivity index (χ0n) is 9.03. The fraction of sp³-hybridized carbons (Fsp3) is 0.333. The molecule has 0 saturated heterocycles. The van der Waals surface area contributed by atoms with Crippen molar-refractivity contribution in [3.63, 3.8) is 0 Å². The van der Waals surface area contributed by atoms with Gasteiger partial charge in [-0.1, -0.05) is 26.0 Å². The molecule has 0 saturated carbocycles. The van der Waals surface area contributed by atoms with E-state index in [9.17, 15) is 4.79 Å². The van der Waals surface area contributed by atoms with Crippen LogP contribution in [-0.4, -0.2) is 11.0 Å². The number of hydrogen-bond donors (Lipinski definition) is 2. The zero-order valence-corrected chi connectivity index (χ0v) is 9.03. The maximum atomic E-state index is 11.4. The number of rotatable bonds is 3. The molecule has 1 atom stereocenters.